The van der Waals surface area contributed by atoms with Crippen molar-refractivity contribution in [1.82, 2.24) is 0 Å². The fourth-order valence-electron chi connectivity index (χ4n) is 3.22. The largest absolute Gasteiger partial charge is 0.326 e. The maximum atomic E-state index is 12.2. The van der Waals surface area contributed by atoms with Gasteiger partial charge in [0.1, 0.15) is 0 Å². The van der Waals surface area contributed by atoms with Crippen LogP contribution in [-0.4, -0.2) is 5.91 Å². The van der Waals surface area contributed by atoms with Crippen molar-refractivity contribution in [3.8, 4) is 0 Å². The van der Waals surface area contributed by atoms with Gasteiger partial charge in [-0.05, 0) is 29.9 Å². The molecule has 1 saturated carbocycles. The number of carbonyl (C=O) groups excluding carboxylic acids is 1. The Hall–Kier alpha value is -1.35. The molecule has 0 unspecified atom stereocenters. The molecular formula is C18H20BrNO. The Morgan fingerprint density at radius 1 is 1.10 bits per heavy atom. The van der Waals surface area contributed by atoms with E-state index in [2.05, 4.69) is 27.3 Å². The van der Waals surface area contributed by atoms with Crippen LogP contribution in [0.2, 0.25) is 0 Å². The topological polar surface area (TPSA) is 29.1 Å². The van der Waals surface area contributed by atoms with E-state index in [1.165, 1.54) is 25.7 Å². The summed E-state index contributed by atoms with van der Waals surface area (Å²) in [6.45, 7) is 0. The van der Waals surface area contributed by atoms with E-state index in [-0.39, 0.29) is 5.91 Å². The predicted octanol–water partition coefficient (Wildman–Crippen LogP) is 5.51. The van der Waals surface area contributed by atoms with E-state index in [0.29, 0.717) is 6.42 Å². The second kappa shape index (κ2) is 6.61. The van der Waals surface area contributed by atoms with E-state index < -0.39 is 0 Å². The monoisotopic (exact) mass is 345 g/mol. The van der Waals surface area contributed by atoms with Crippen molar-refractivity contribution in [3.05, 3.63) is 40.9 Å². The molecule has 0 atom stereocenters. The van der Waals surface area contributed by atoms with Gasteiger partial charge in [-0.3, -0.25) is 4.79 Å². The standard InChI is InChI=1S/C18H20BrNO/c19-16-10-11-17(15-8-4-3-7-14(15)16)20-18(21)12-9-13-5-1-2-6-13/h3-4,7-8,10-11,13H,1-2,5-6,9,12H2,(H,20,21). The highest BCUT2D eigenvalue weighted by molar-refractivity contribution is 9.10. The maximum Gasteiger partial charge on any atom is 0.224 e. The average molecular weight is 346 g/mol. The number of hydrogen-bond acceptors (Lipinski definition) is 1. The first-order valence-corrected chi connectivity index (χ1v) is 8.50. The van der Waals surface area contributed by atoms with E-state index in [1.807, 2.05) is 30.3 Å². The van der Waals surface area contributed by atoms with Gasteiger partial charge in [0.05, 0.1) is 0 Å². The quantitative estimate of drug-likeness (QED) is 0.777. The molecule has 21 heavy (non-hydrogen) atoms. The Bertz CT molecular complexity index is 647. The molecule has 1 N–H and O–H groups in total. The normalized spacial score (nSPS) is 15.5. The van der Waals surface area contributed by atoms with Crippen molar-refractivity contribution in [2.45, 2.75) is 38.5 Å². The molecule has 0 spiro atoms. The van der Waals surface area contributed by atoms with Crippen LogP contribution in [0, 0.1) is 5.92 Å². The summed E-state index contributed by atoms with van der Waals surface area (Å²) in [7, 11) is 0. The highest BCUT2D eigenvalue weighted by Gasteiger charge is 2.16. The molecule has 0 aromatic heterocycles. The minimum absolute atomic E-state index is 0.134. The Morgan fingerprint density at radius 2 is 1.81 bits per heavy atom. The number of fused-ring (bicyclic) bond motifs is 1. The minimum atomic E-state index is 0.134. The summed E-state index contributed by atoms with van der Waals surface area (Å²) in [5, 5.41) is 5.29. The van der Waals surface area contributed by atoms with Gasteiger partial charge < -0.3 is 5.32 Å². The molecule has 2 aromatic rings. The molecule has 1 aliphatic rings. The molecule has 1 amide bonds. The Morgan fingerprint density at radius 3 is 2.57 bits per heavy atom. The Labute approximate surface area is 134 Å². The van der Waals surface area contributed by atoms with Gasteiger partial charge in [0, 0.05) is 22.0 Å². The number of rotatable bonds is 4. The van der Waals surface area contributed by atoms with Gasteiger partial charge in [-0.25, -0.2) is 0 Å². The number of benzene rings is 2. The molecule has 0 aliphatic heterocycles. The molecule has 0 bridgehead atoms. The van der Waals surface area contributed by atoms with Crippen LogP contribution in [0.5, 0.6) is 0 Å². The lowest BCUT2D eigenvalue weighted by atomic mass is 10.0. The fraction of sp³-hybridized carbons (Fsp3) is 0.389. The zero-order valence-electron chi connectivity index (χ0n) is 12.1. The number of halogens is 1. The van der Waals surface area contributed by atoms with Crippen molar-refractivity contribution < 1.29 is 4.79 Å². The van der Waals surface area contributed by atoms with Gasteiger partial charge in [0.2, 0.25) is 5.91 Å². The number of anilines is 1. The van der Waals surface area contributed by atoms with Crippen molar-refractivity contribution >= 4 is 38.3 Å². The van der Waals surface area contributed by atoms with Gasteiger partial charge in [-0.1, -0.05) is 65.9 Å². The zero-order valence-corrected chi connectivity index (χ0v) is 13.7. The summed E-state index contributed by atoms with van der Waals surface area (Å²) in [6, 6.07) is 12.1. The van der Waals surface area contributed by atoms with Crippen LogP contribution in [0.4, 0.5) is 5.69 Å². The van der Waals surface area contributed by atoms with E-state index in [0.717, 1.165) is 33.3 Å². The molecular weight excluding hydrogens is 326 g/mol. The smallest absolute Gasteiger partial charge is 0.224 e. The molecule has 1 fully saturated rings. The van der Waals surface area contributed by atoms with Crippen molar-refractivity contribution in [3.63, 3.8) is 0 Å². The first kappa shape index (κ1) is 14.6. The van der Waals surface area contributed by atoms with Crippen LogP contribution in [0.25, 0.3) is 10.8 Å². The lowest BCUT2D eigenvalue weighted by Gasteiger charge is -2.11. The van der Waals surface area contributed by atoms with Gasteiger partial charge in [-0.2, -0.15) is 0 Å². The van der Waals surface area contributed by atoms with Crippen molar-refractivity contribution in [1.29, 1.82) is 0 Å². The summed E-state index contributed by atoms with van der Waals surface area (Å²) in [6.07, 6.45) is 6.94. The number of hydrogen-bond donors (Lipinski definition) is 1. The maximum absolute atomic E-state index is 12.2. The Balaban J connectivity index is 1.69. The second-order valence-corrected chi connectivity index (χ2v) is 6.73. The molecule has 2 nitrogen and oxygen atoms in total. The van der Waals surface area contributed by atoms with E-state index in [4.69, 9.17) is 0 Å². The Kier molecular flexibility index (Phi) is 4.59. The number of amides is 1. The third kappa shape index (κ3) is 3.46. The van der Waals surface area contributed by atoms with E-state index in [9.17, 15) is 4.79 Å². The highest BCUT2D eigenvalue weighted by Crippen LogP contribution is 2.31. The first-order chi connectivity index (χ1) is 10.2. The molecule has 2 aromatic carbocycles. The number of carbonyl (C=O) groups is 1. The van der Waals surface area contributed by atoms with Gasteiger partial charge in [0.15, 0.2) is 0 Å². The summed E-state index contributed by atoms with van der Waals surface area (Å²) >= 11 is 3.56. The molecule has 0 radical (unpaired) electrons. The van der Waals surface area contributed by atoms with Crippen LogP contribution >= 0.6 is 15.9 Å². The molecule has 110 valence electrons. The number of nitrogens with one attached hydrogen (secondary N) is 1. The predicted molar refractivity (Wildman–Crippen MR) is 91.5 cm³/mol. The molecule has 0 heterocycles. The third-order valence-electron chi connectivity index (χ3n) is 4.40. The lowest BCUT2D eigenvalue weighted by Crippen LogP contribution is -2.13. The van der Waals surface area contributed by atoms with Gasteiger partial charge in [0.25, 0.3) is 0 Å². The zero-order chi connectivity index (χ0) is 14.7. The highest BCUT2D eigenvalue weighted by atomic mass is 79.9. The SMILES string of the molecule is O=C(CCC1CCCC1)Nc1ccc(Br)c2ccccc12. The van der Waals surface area contributed by atoms with Crippen molar-refractivity contribution in [2.24, 2.45) is 5.92 Å². The summed E-state index contributed by atoms with van der Waals surface area (Å²) in [5.41, 5.74) is 0.908. The molecule has 0 saturated heterocycles. The summed E-state index contributed by atoms with van der Waals surface area (Å²) in [4.78, 5) is 12.2. The minimum Gasteiger partial charge on any atom is -0.326 e. The van der Waals surface area contributed by atoms with Crippen LogP contribution in [0.15, 0.2) is 40.9 Å². The molecule has 1 aliphatic carbocycles. The van der Waals surface area contributed by atoms with Crippen LogP contribution < -0.4 is 5.32 Å². The first-order valence-electron chi connectivity index (χ1n) is 7.71. The lowest BCUT2D eigenvalue weighted by molar-refractivity contribution is -0.116. The van der Waals surface area contributed by atoms with Crippen molar-refractivity contribution in [2.75, 3.05) is 5.32 Å². The average Bonchev–Trinajstić information content (AvgIpc) is 3.02. The summed E-state index contributed by atoms with van der Waals surface area (Å²) in [5.74, 6) is 0.895. The van der Waals surface area contributed by atoms with Gasteiger partial charge >= 0.3 is 0 Å². The molecule has 3 rings (SSSR count). The van der Waals surface area contributed by atoms with Crippen LogP contribution in [-0.2, 0) is 4.79 Å². The summed E-state index contributed by atoms with van der Waals surface area (Å²) < 4.78 is 1.06. The van der Waals surface area contributed by atoms with Crippen LogP contribution in [0.1, 0.15) is 38.5 Å². The van der Waals surface area contributed by atoms with Crippen LogP contribution in [0.3, 0.4) is 0 Å². The van der Waals surface area contributed by atoms with E-state index >= 15 is 0 Å². The molecule has 3 heteroatoms. The third-order valence-corrected chi connectivity index (χ3v) is 5.09. The van der Waals surface area contributed by atoms with E-state index in [1.54, 1.807) is 0 Å². The van der Waals surface area contributed by atoms with Gasteiger partial charge in [-0.15, -0.1) is 0 Å². The fourth-order valence-corrected chi connectivity index (χ4v) is 3.70. The second-order valence-electron chi connectivity index (χ2n) is 5.88.